The number of carbonyl (C=O) groups excluding carboxylic acids is 1. The molecule has 0 amide bonds. The van der Waals surface area contributed by atoms with Gasteiger partial charge in [0.05, 0.1) is 9.75 Å². The largest absolute Gasteiger partial charge is 0.297 e. The number of thiophene rings is 1. The van der Waals surface area contributed by atoms with Crippen LogP contribution in [-0.2, 0) is 0 Å². The van der Waals surface area contributed by atoms with Gasteiger partial charge in [0.1, 0.15) is 5.01 Å². The molecule has 0 saturated carbocycles. The molecular formula is C9H6BrNOS2. The van der Waals surface area contributed by atoms with Gasteiger partial charge in [-0.15, -0.1) is 22.7 Å². The summed E-state index contributed by atoms with van der Waals surface area (Å²) < 4.78 is 1.10. The average Bonchev–Trinajstić information content (AvgIpc) is 2.74. The van der Waals surface area contributed by atoms with Crippen LogP contribution in [0, 0.1) is 6.92 Å². The van der Waals surface area contributed by atoms with Crippen LogP contribution in [0.2, 0.25) is 0 Å². The molecule has 14 heavy (non-hydrogen) atoms. The molecule has 0 aliphatic rings. The van der Waals surface area contributed by atoms with Crippen molar-refractivity contribution in [3.05, 3.63) is 26.5 Å². The number of halogens is 1. The van der Waals surface area contributed by atoms with Gasteiger partial charge in [-0.05, 0) is 28.9 Å². The van der Waals surface area contributed by atoms with Gasteiger partial charge in [0, 0.05) is 15.5 Å². The lowest BCUT2D eigenvalue weighted by Crippen LogP contribution is -1.64. The maximum Gasteiger partial charge on any atom is 0.161 e. The van der Waals surface area contributed by atoms with Crippen LogP contribution >= 0.6 is 38.6 Å². The molecular weight excluding hydrogens is 282 g/mol. The summed E-state index contributed by atoms with van der Waals surface area (Å²) in [4.78, 5) is 17.7. The quantitative estimate of drug-likeness (QED) is 0.788. The molecule has 2 heterocycles. The number of nitrogens with zero attached hydrogens (tertiary/aromatic N) is 1. The number of aromatic nitrogens is 1. The molecule has 0 aromatic carbocycles. The molecule has 0 N–H and O–H groups in total. The summed E-state index contributed by atoms with van der Waals surface area (Å²) in [5, 5.41) is 0.908. The molecule has 2 aromatic rings. The van der Waals surface area contributed by atoms with Crippen molar-refractivity contribution in [1.29, 1.82) is 0 Å². The number of hydrogen-bond acceptors (Lipinski definition) is 4. The zero-order chi connectivity index (χ0) is 10.1. The predicted molar refractivity (Wildman–Crippen MR) is 63.3 cm³/mol. The van der Waals surface area contributed by atoms with Gasteiger partial charge in [0.2, 0.25) is 0 Å². The Morgan fingerprint density at radius 1 is 1.50 bits per heavy atom. The van der Waals surface area contributed by atoms with Crippen LogP contribution in [0.5, 0.6) is 0 Å². The molecule has 0 fully saturated rings. The molecule has 72 valence electrons. The average molecular weight is 288 g/mol. The highest BCUT2D eigenvalue weighted by atomic mass is 79.9. The zero-order valence-electron chi connectivity index (χ0n) is 7.28. The van der Waals surface area contributed by atoms with Crippen molar-refractivity contribution >= 4 is 44.9 Å². The van der Waals surface area contributed by atoms with Crippen molar-refractivity contribution in [2.45, 2.75) is 6.92 Å². The molecule has 2 aromatic heterocycles. The van der Waals surface area contributed by atoms with E-state index < -0.39 is 0 Å². The molecule has 0 aliphatic heterocycles. The summed E-state index contributed by atoms with van der Waals surface area (Å²) in [5.41, 5.74) is 0. The predicted octanol–water partition coefficient (Wildman–Crippen LogP) is 3.76. The van der Waals surface area contributed by atoms with Crippen LogP contribution in [0.3, 0.4) is 0 Å². The van der Waals surface area contributed by atoms with Crippen molar-refractivity contribution in [1.82, 2.24) is 4.98 Å². The summed E-state index contributed by atoms with van der Waals surface area (Å²) in [5.74, 6) is 0. The first-order valence-electron chi connectivity index (χ1n) is 3.88. The van der Waals surface area contributed by atoms with Crippen LogP contribution in [0.15, 0.2) is 16.7 Å². The summed E-state index contributed by atoms with van der Waals surface area (Å²) in [7, 11) is 0. The zero-order valence-corrected chi connectivity index (χ0v) is 10.5. The van der Waals surface area contributed by atoms with E-state index >= 15 is 0 Å². The first-order chi connectivity index (χ1) is 6.70. The summed E-state index contributed by atoms with van der Waals surface area (Å²) in [6, 6.07) is 2.04. The first kappa shape index (κ1) is 10.0. The summed E-state index contributed by atoms with van der Waals surface area (Å²) in [6.45, 7) is 2.05. The van der Waals surface area contributed by atoms with E-state index in [2.05, 4.69) is 20.9 Å². The van der Waals surface area contributed by atoms with Crippen molar-refractivity contribution in [2.24, 2.45) is 0 Å². The SMILES string of the molecule is Cc1sc(-c2ncc(C=O)s2)cc1Br. The van der Waals surface area contributed by atoms with E-state index in [4.69, 9.17) is 0 Å². The van der Waals surface area contributed by atoms with Crippen molar-refractivity contribution < 1.29 is 4.79 Å². The molecule has 0 atom stereocenters. The van der Waals surface area contributed by atoms with Gasteiger partial charge in [-0.2, -0.15) is 0 Å². The van der Waals surface area contributed by atoms with Gasteiger partial charge in [-0.3, -0.25) is 4.79 Å². The Bertz CT molecular complexity index is 455. The van der Waals surface area contributed by atoms with E-state index in [0.29, 0.717) is 4.88 Å². The number of aryl methyl sites for hydroxylation is 1. The van der Waals surface area contributed by atoms with Crippen LogP contribution in [0.1, 0.15) is 14.5 Å². The minimum absolute atomic E-state index is 0.669. The molecule has 2 rings (SSSR count). The Labute approximate surface area is 97.7 Å². The fourth-order valence-corrected chi connectivity index (χ4v) is 3.34. The van der Waals surface area contributed by atoms with Crippen molar-refractivity contribution in [3.63, 3.8) is 0 Å². The lowest BCUT2D eigenvalue weighted by molar-refractivity contribution is 0.112. The Kier molecular flexibility index (Phi) is 2.80. The Balaban J connectivity index is 2.43. The number of aldehydes is 1. The highest BCUT2D eigenvalue weighted by Crippen LogP contribution is 2.35. The van der Waals surface area contributed by atoms with E-state index in [1.807, 2.05) is 13.0 Å². The van der Waals surface area contributed by atoms with E-state index in [1.165, 1.54) is 16.2 Å². The standard InChI is InChI=1S/C9H6BrNOS2/c1-5-7(10)2-8(13-5)9-11-3-6(4-12)14-9/h2-4H,1H3. The lowest BCUT2D eigenvalue weighted by Gasteiger charge is -1.84. The van der Waals surface area contributed by atoms with Crippen LogP contribution in [0.25, 0.3) is 9.88 Å². The third-order valence-electron chi connectivity index (χ3n) is 1.71. The van der Waals surface area contributed by atoms with Gasteiger partial charge >= 0.3 is 0 Å². The van der Waals surface area contributed by atoms with Crippen LogP contribution in [-0.4, -0.2) is 11.3 Å². The van der Waals surface area contributed by atoms with Gasteiger partial charge in [0.15, 0.2) is 6.29 Å². The fourth-order valence-electron chi connectivity index (χ4n) is 1.02. The lowest BCUT2D eigenvalue weighted by atomic mass is 10.4. The Hall–Kier alpha value is -0.520. The van der Waals surface area contributed by atoms with E-state index in [9.17, 15) is 4.79 Å². The summed E-state index contributed by atoms with van der Waals surface area (Å²) >= 11 is 6.55. The minimum atomic E-state index is 0.669. The smallest absolute Gasteiger partial charge is 0.161 e. The van der Waals surface area contributed by atoms with Gasteiger partial charge in [-0.1, -0.05) is 0 Å². The maximum atomic E-state index is 10.5. The molecule has 5 heteroatoms. The second kappa shape index (κ2) is 3.92. The molecule has 0 aliphatic carbocycles. The molecule has 0 saturated heterocycles. The minimum Gasteiger partial charge on any atom is -0.297 e. The van der Waals surface area contributed by atoms with Crippen LogP contribution in [0.4, 0.5) is 0 Å². The van der Waals surface area contributed by atoms with Crippen molar-refractivity contribution in [2.75, 3.05) is 0 Å². The third kappa shape index (κ3) is 1.80. The second-order valence-corrected chi connectivity index (χ2v) is 5.87. The van der Waals surface area contributed by atoms with Gasteiger partial charge in [-0.25, -0.2) is 4.98 Å². The van der Waals surface area contributed by atoms with E-state index in [-0.39, 0.29) is 0 Å². The molecule has 0 unspecified atom stereocenters. The Morgan fingerprint density at radius 2 is 2.29 bits per heavy atom. The second-order valence-electron chi connectivity index (χ2n) is 2.70. The van der Waals surface area contributed by atoms with Crippen molar-refractivity contribution in [3.8, 4) is 9.88 Å². The fraction of sp³-hybridized carbons (Fsp3) is 0.111. The molecule has 0 bridgehead atoms. The maximum absolute atomic E-state index is 10.5. The number of carbonyl (C=O) groups is 1. The normalized spacial score (nSPS) is 10.4. The molecule has 0 spiro atoms. The summed E-state index contributed by atoms with van der Waals surface area (Å²) in [6.07, 6.45) is 2.44. The van der Waals surface area contributed by atoms with Gasteiger partial charge in [0.25, 0.3) is 0 Å². The first-order valence-corrected chi connectivity index (χ1v) is 6.30. The third-order valence-corrected chi connectivity index (χ3v) is 4.94. The van der Waals surface area contributed by atoms with E-state index in [1.54, 1.807) is 17.5 Å². The number of rotatable bonds is 2. The van der Waals surface area contributed by atoms with Gasteiger partial charge < -0.3 is 0 Å². The molecule has 2 nitrogen and oxygen atoms in total. The van der Waals surface area contributed by atoms with Crippen LogP contribution < -0.4 is 0 Å². The highest BCUT2D eigenvalue weighted by Gasteiger charge is 2.08. The van der Waals surface area contributed by atoms with E-state index in [0.717, 1.165) is 20.6 Å². The number of hydrogen-bond donors (Lipinski definition) is 0. The topological polar surface area (TPSA) is 30.0 Å². The highest BCUT2D eigenvalue weighted by molar-refractivity contribution is 9.10. The monoisotopic (exact) mass is 287 g/mol. The number of thiazole rings is 1. The molecule has 0 radical (unpaired) electrons. The Morgan fingerprint density at radius 3 is 2.79 bits per heavy atom.